The Morgan fingerprint density at radius 3 is 2.67 bits per heavy atom. The smallest absolute Gasteiger partial charge is 0.273 e. The molecule has 0 aliphatic carbocycles. The quantitative estimate of drug-likeness (QED) is 0.532. The molecular weight excluding hydrogens is 279 g/mol. The number of benzene rings is 2. The van der Waals surface area contributed by atoms with Crippen LogP contribution >= 0.6 is 0 Å². The van der Waals surface area contributed by atoms with Crippen LogP contribution in [0.4, 0.5) is 15.8 Å². The van der Waals surface area contributed by atoms with E-state index in [9.17, 15) is 24.1 Å². The van der Waals surface area contributed by atoms with Gasteiger partial charge in [0.25, 0.3) is 11.6 Å². The van der Waals surface area contributed by atoms with Crippen molar-refractivity contribution in [2.75, 3.05) is 5.32 Å². The maximum Gasteiger partial charge on any atom is 0.273 e. The first-order valence-electron chi connectivity index (χ1n) is 5.81. The fourth-order valence-corrected chi connectivity index (χ4v) is 1.70. The van der Waals surface area contributed by atoms with Crippen molar-refractivity contribution in [1.82, 2.24) is 0 Å². The van der Waals surface area contributed by atoms with Crippen molar-refractivity contribution in [2.45, 2.75) is 0 Å². The summed E-state index contributed by atoms with van der Waals surface area (Å²) in [6.45, 7) is 0. The summed E-state index contributed by atoms with van der Waals surface area (Å²) in [6, 6.07) is 8.68. The van der Waals surface area contributed by atoms with E-state index in [1.54, 1.807) is 18.2 Å². The first-order chi connectivity index (χ1) is 9.99. The molecule has 0 aromatic heterocycles. The predicted molar refractivity (Wildman–Crippen MR) is 72.8 cm³/mol. The van der Waals surface area contributed by atoms with Crippen LogP contribution in [0.15, 0.2) is 42.5 Å². The highest BCUT2D eigenvalue weighted by atomic mass is 19.1. The second-order valence-electron chi connectivity index (χ2n) is 4.15. The van der Waals surface area contributed by atoms with Gasteiger partial charge in [-0.1, -0.05) is 12.1 Å². The molecule has 0 spiro atoms. The number of carbonyl (C=O) groups excluding carboxylic acids is 2. The Kier molecular flexibility index (Phi) is 4.03. The van der Waals surface area contributed by atoms with Crippen molar-refractivity contribution in [3.8, 4) is 0 Å². The van der Waals surface area contributed by atoms with E-state index in [2.05, 4.69) is 5.32 Å². The summed E-state index contributed by atoms with van der Waals surface area (Å²) < 4.78 is 13.3. The lowest BCUT2D eigenvalue weighted by Gasteiger charge is -2.06. The molecule has 2 rings (SSSR count). The van der Waals surface area contributed by atoms with Crippen molar-refractivity contribution in [1.29, 1.82) is 0 Å². The van der Waals surface area contributed by atoms with Crippen molar-refractivity contribution in [3.05, 3.63) is 69.5 Å². The Labute approximate surface area is 118 Å². The summed E-state index contributed by atoms with van der Waals surface area (Å²) in [6.07, 6.45) is 0.614. The number of amides is 1. The minimum absolute atomic E-state index is 0.182. The molecule has 0 aliphatic heterocycles. The van der Waals surface area contributed by atoms with E-state index >= 15 is 0 Å². The highest BCUT2D eigenvalue weighted by molar-refractivity contribution is 6.04. The lowest BCUT2D eigenvalue weighted by atomic mass is 10.1. The third kappa shape index (κ3) is 3.47. The SMILES string of the molecule is O=Cc1cccc(NC(=O)c2cc(F)cc([N+](=O)[O-])c2)c1. The third-order valence-corrected chi connectivity index (χ3v) is 2.64. The molecule has 0 aliphatic rings. The average Bonchev–Trinajstić information content (AvgIpc) is 2.46. The molecule has 7 heteroatoms. The van der Waals surface area contributed by atoms with Gasteiger partial charge in [0.15, 0.2) is 0 Å². The van der Waals surface area contributed by atoms with Gasteiger partial charge in [0.05, 0.1) is 11.0 Å². The van der Waals surface area contributed by atoms with Crippen LogP contribution in [0.3, 0.4) is 0 Å². The molecule has 2 aromatic rings. The lowest BCUT2D eigenvalue weighted by Crippen LogP contribution is -2.12. The molecule has 106 valence electrons. The lowest BCUT2D eigenvalue weighted by molar-refractivity contribution is -0.385. The standard InChI is InChI=1S/C14H9FN2O4/c15-11-5-10(6-13(7-11)17(20)21)14(19)16-12-3-1-2-9(4-12)8-18/h1-8H,(H,16,19). The Bertz CT molecular complexity index is 731. The highest BCUT2D eigenvalue weighted by Crippen LogP contribution is 2.18. The van der Waals surface area contributed by atoms with Crippen molar-refractivity contribution >= 4 is 23.6 Å². The molecule has 0 saturated carbocycles. The number of nitrogens with zero attached hydrogens (tertiary/aromatic N) is 1. The normalized spacial score (nSPS) is 9.95. The molecule has 0 unspecified atom stereocenters. The number of nitro benzene ring substituents is 1. The van der Waals surface area contributed by atoms with Crippen LogP contribution in [0.1, 0.15) is 20.7 Å². The number of nitrogens with one attached hydrogen (secondary N) is 1. The molecule has 1 amide bonds. The number of aldehydes is 1. The van der Waals surface area contributed by atoms with E-state index in [1.165, 1.54) is 6.07 Å². The molecule has 2 aromatic carbocycles. The van der Waals surface area contributed by atoms with Gasteiger partial charge in [0.1, 0.15) is 12.1 Å². The topological polar surface area (TPSA) is 89.3 Å². The number of carbonyl (C=O) groups is 2. The van der Waals surface area contributed by atoms with Crippen LogP contribution in [-0.2, 0) is 0 Å². The molecule has 0 bridgehead atoms. The van der Waals surface area contributed by atoms with E-state index in [4.69, 9.17) is 0 Å². The number of anilines is 1. The van der Waals surface area contributed by atoms with E-state index in [1.807, 2.05) is 0 Å². The van der Waals surface area contributed by atoms with Crippen LogP contribution < -0.4 is 5.32 Å². The maximum absolute atomic E-state index is 13.3. The molecule has 0 atom stereocenters. The first-order valence-corrected chi connectivity index (χ1v) is 5.81. The van der Waals surface area contributed by atoms with Gasteiger partial charge in [0, 0.05) is 22.9 Å². The third-order valence-electron chi connectivity index (χ3n) is 2.64. The van der Waals surface area contributed by atoms with Gasteiger partial charge in [-0.2, -0.15) is 0 Å². The molecule has 0 radical (unpaired) electrons. The summed E-state index contributed by atoms with van der Waals surface area (Å²) in [5, 5.41) is 13.1. The largest absolute Gasteiger partial charge is 0.322 e. The summed E-state index contributed by atoms with van der Waals surface area (Å²) in [5.74, 6) is -1.59. The number of rotatable bonds is 4. The van der Waals surface area contributed by atoms with Gasteiger partial charge < -0.3 is 5.32 Å². The Hall–Kier alpha value is -3.09. The molecule has 0 fully saturated rings. The Morgan fingerprint density at radius 1 is 1.24 bits per heavy atom. The van der Waals surface area contributed by atoms with Crippen molar-refractivity contribution in [2.24, 2.45) is 0 Å². The summed E-state index contributed by atoms with van der Waals surface area (Å²) in [5.41, 5.74) is -0.00506. The van der Waals surface area contributed by atoms with E-state index < -0.39 is 22.3 Å². The zero-order valence-corrected chi connectivity index (χ0v) is 10.6. The van der Waals surface area contributed by atoms with Gasteiger partial charge in [-0.05, 0) is 18.2 Å². The number of nitro groups is 1. The fraction of sp³-hybridized carbons (Fsp3) is 0. The van der Waals surface area contributed by atoms with Gasteiger partial charge in [0.2, 0.25) is 0 Å². The molecule has 6 nitrogen and oxygen atoms in total. The number of hydrogen-bond acceptors (Lipinski definition) is 4. The minimum atomic E-state index is -0.879. The van der Waals surface area contributed by atoms with Crippen LogP contribution in [0.5, 0.6) is 0 Å². The van der Waals surface area contributed by atoms with Gasteiger partial charge >= 0.3 is 0 Å². The number of hydrogen-bond donors (Lipinski definition) is 1. The summed E-state index contributed by atoms with van der Waals surface area (Å²) in [4.78, 5) is 32.4. The zero-order chi connectivity index (χ0) is 15.4. The maximum atomic E-state index is 13.3. The molecule has 21 heavy (non-hydrogen) atoms. The molecule has 1 N–H and O–H groups in total. The number of non-ortho nitro benzene ring substituents is 1. The second-order valence-corrected chi connectivity index (χ2v) is 4.15. The second kappa shape index (κ2) is 5.91. The monoisotopic (exact) mass is 288 g/mol. The van der Waals surface area contributed by atoms with Crippen LogP contribution in [0.25, 0.3) is 0 Å². The summed E-state index contributed by atoms with van der Waals surface area (Å²) in [7, 11) is 0. The van der Waals surface area contributed by atoms with Gasteiger partial charge in [-0.3, -0.25) is 19.7 Å². The minimum Gasteiger partial charge on any atom is -0.322 e. The summed E-state index contributed by atoms with van der Waals surface area (Å²) >= 11 is 0. The first kappa shape index (κ1) is 14.3. The number of halogens is 1. The van der Waals surface area contributed by atoms with E-state index in [0.717, 1.165) is 18.2 Å². The fourth-order valence-electron chi connectivity index (χ4n) is 1.70. The van der Waals surface area contributed by atoms with Crippen LogP contribution in [-0.4, -0.2) is 17.1 Å². The Balaban J connectivity index is 2.27. The average molecular weight is 288 g/mol. The van der Waals surface area contributed by atoms with Crippen LogP contribution in [0, 0.1) is 15.9 Å². The van der Waals surface area contributed by atoms with Crippen molar-refractivity contribution < 1.29 is 18.9 Å². The zero-order valence-electron chi connectivity index (χ0n) is 10.6. The predicted octanol–water partition coefficient (Wildman–Crippen LogP) is 2.80. The Morgan fingerprint density at radius 2 is 2.00 bits per heavy atom. The van der Waals surface area contributed by atoms with E-state index in [0.29, 0.717) is 17.5 Å². The molecule has 0 saturated heterocycles. The van der Waals surface area contributed by atoms with Gasteiger partial charge in [-0.25, -0.2) is 4.39 Å². The van der Waals surface area contributed by atoms with Crippen LogP contribution in [0.2, 0.25) is 0 Å². The van der Waals surface area contributed by atoms with Crippen molar-refractivity contribution in [3.63, 3.8) is 0 Å². The van der Waals surface area contributed by atoms with Gasteiger partial charge in [-0.15, -0.1) is 0 Å². The van der Waals surface area contributed by atoms with E-state index in [-0.39, 0.29) is 5.56 Å². The highest BCUT2D eigenvalue weighted by Gasteiger charge is 2.15. The molecule has 0 heterocycles. The molecular formula is C14H9FN2O4.